The van der Waals surface area contributed by atoms with E-state index in [-0.39, 0.29) is 35.7 Å². The number of fused-ring (bicyclic) bond motifs is 5. The summed E-state index contributed by atoms with van der Waals surface area (Å²) in [6.07, 6.45) is 2.60. The van der Waals surface area contributed by atoms with Crippen molar-refractivity contribution in [3.05, 3.63) is 83.3 Å². The molecule has 0 amide bonds. The summed E-state index contributed by atoms with van der Waals surface area (Å²) in [5, 5.41) is 32.3. The molecule has 190 valence electrons. The number of hydrogen-bond donors (Lipinski definition) is 2. The minimum Gasteiger partial charge on any atom is -0.394 e. The van der Waals surface area contributed by atoms with Crippen molar-refractivity contribution in [3.63, 3.8) is 0 Å². The zero-order chi connectivity index (χ0) is 25.9. The minimum absolute atomic E-state index is 0.149. The average molecular weight is 504 g/mol. The van der Waals surface area contributed by atoms with E-state index < -0.39 is 23.2 Å². The lowest BCUT2D eigenvalue weighted by Gasteiger charge is -2.37. The molecule has 3 aromatic heterocycles. The highest BCUT2D eigenvalue weighted by Gasteiger charge is 2.65. The smallest absolute Gasteiger partial charge is 0.135 e. The van der Waals surface area contributed by atoms with Crippen LogP contribution in [0, 0.1) is 17.0 Å². The van der Waals surface area contributed by atoms with Crippen molar-refractivity contribution >= 4 is 0 Å². The van der Waals surface area contributed by atoms with Gasteiger partial charge in [0.15, 0.2) is 0 Å². The van der Waals surface area contributed by atoms with Gasteiger partial charge in [-0.25, -0.2) is 8.78 Å². The number of benzene rings is 1. The second-order valence-electron chi connectivity index (χ2n) is 10.5. The Balaban J connectivity index is 1.43. The summed E-state index contributed by atoms with van der Waals surface area (Å²) in [5.41, 5.74) is 3.29. The second-order valence-corrected chi connectivity index (χ2v) is 10.5. The van der Waals surface area contributed by atoms with Crippen LogP contribution in [0.3, 0.4) is 0 Å². The molecule has 37 heavy (non-hydrogen) atoms. The van der Waals surface area contributed by atoms with Gasteiger partial charge in [0, 0.05) is 6.20 Å². The normalized spacial score (nSPS) is 22.3. The number of rotatable bonds is 6. The van der Waals surface area contributed by atoms with Crippen molar-refractivity contribution in [2.45, 2.75) is 50.7 Å². The molecule has 2 aliphatic carbocycles. The van der Waals surface area contributed by atoms with Crippen molar-refractivity contribution in [3.8, 4) is 22.6 Å². The molecular weight excluding hydrogens is 476 g/mol. The van der Waals surface area contributed by atoms with E-state index >= 15 is 0 Å². The third kappa shape index (κ3) is 3.44. The Bertz CT molecular complexity index is 1480. The highest BCUT2D eigenvalue weighted by atomic mass is 19.1. The van der Waals surface area contributed by atoms with Crippen molar-refractivity contribution in [2.24, 2.45) is 5.41 Å². The van der Waals surface area contributed by atoms with Crippen LogP contribution in [-0.4, -0.2) is 47.9 Å². The van der Waals surface area contributed by atoms with Gasteiger partial charge in [-0.05, 0) is 66.1 Å². The highest BCUT2D eigenvalue weighted by molar-refractivity contribution is 5.64. The first-order valence-corrected chi connectivity index (χ1v) is 12.4. The lowest BCUT2D eigenvalue weighted by atomic mass is 9.66. The maximum absolute atomic E-state index is 14.5. The number of aliphatic hydroxyl groups is 2. The SMILES string of the molecule is CC1(C)[C@H]2CC[C@]1(c1cccc(-c3ccn(CC(O)CO)n3)n1)c1nnc(-c3c(F)cccc3F)cc12. The van der Waals surface area contributed by atoms with Gasteiger partial charge >= 0.3 is 0 Å². The largest absolute Gasteiger partial charge is 0.394 e. The summed E-state index contributed by atoms with van der Waals surface area (Å²) in [6, 6.07) is 13.3. The molecule has 9 heteroatoms. The van der Waals surface area contributed by atoms with Crippen molar-refractivity contribution < 1.29 is 19.0 Å². The van der Waals surface area contributed by atoms with Crippen LogP contribution in [-0.2, 0) is 12.0 Å². The molecule has 0 radical (unpaired) electrons. The molecule has 3 atom stereocenters. The van der Waals surface area contributed by atoms with Crippen LogP contribution in [0.2, 0.25) is 0 Å². The van der Waals surface area contributed by atoms with E-state index in [1.54, 1.807) is 16.9 Å². The quantitative estimate of drug-likeness (QED) is 0.409. The Morgan fingerprint density at radius 3 is 2.54 bits per heavy atom. The Morgan fingerprint density at radius 1 is 1.03 bits per heavy atom. The molecule has 7 nitrogen and oxygen atoms in total. The number of hydrogen-bond acceptors (Lipinski definition) is 6. The fraction of sp³-hybridized carbons (Fsp3) is 0.357. The van der Waals surface area contributed by atoms with Crippen molar-refractivity contribution in [2.75, 3.05) is 6.61 Å². The van der Waals surface area contributed by atoms with Gasteiger partial charge in [-0.15, -0.1) is 5.10 Å². The maximum Gasteiger partial charge on any atom is 0.135 e. The number of aromatic nitrogens is 5. The van der Waals surface area contributed by atoms with Gasteiger partial charge in [0.25, 0.3) is 0 Å². The van der Waals surface area contributed by atoms with Gasteiger partial charge in [-0.1, -0.05) is 26.0 Å². The van der Waals surface area contributed by atoms with Crippen LogP contribution >= 0.6 is 0 Å². The van der Waals surface area contributed by atoms with Gasteiger partial charge in [0.05, 0.1) is 53.0 Å². The lowest BCUT2D eigenvalue weighted by Crippen LogP contribution is -2.37. The Morgan fingerprint density at radius 2 is 1.78 bits per heavy atom. The van der Waals surface area contributed by atoms with E-state index in [9.17, 15) is 13.9 Å². The first kappa shape index (κ1) is 23.8. The summed E-state index contributed by atoms with van der Waals surface area (Å²) >= 11 is 0. The summed E-state index contributed by atoms with van der Waals surface area (Å²) < 4.78 is 30.6. The van der Waals surface area contributed by atoms with Crippen LogP contribution in [0.4, 0.5) is 8.78 Å². The Labute approximate surface area is 212 Å². The van der Waals surface area contributed by atoms with Crippen molar-refractivity contribution in [1.29, 1.82) is 0 Å². The van der Waals surface area contributed by atoms with E-state index in [0.29, 0.717) is 11.4 Å². The predicted octanol–water partition coefficient (Wildman–Crippen LogP) is 4.24. The van der Waals surface area contributed by atoms with Crippen molar-refractivity contribution in [1.82, 2.24) is 25.0 Å². The Hall–Kier alpha value is -3.56. The molecule has 2 N–H and O–H groups in total. The molecule has 2 bridgehead atoms. The van der Waals surface area contributed by atoms with E-state index in [4.69, 9.17) is 10.1 Å². The monoisotopic (exact) mass is 503 g/mol. The zero-order valence-electron chi connectivity index (χ0n) is 20.6. The fourth-order valence-electron chi connectivity index (χ4n) is 6.45. The standard InChI is InChI=1S/C28H27F2N5O2/c1-27(2)18-9-11-28(27,26-17(18)13-23(32-33-26)25-19(29)5-3-6-20(25)30)24-8-4-7-21(31-24)22-10-12-35(34-22)14-16(37)15-36/h3-8,10,12-13,16,18,36-37H,9,11,14-15H2,1-2H3/t16?,18-,28-/m0/s1. The molecular formula is C28H27F2N5O2. The van der Waals surface area contributed by atoms with Gasteiger partial charge in [0.1, 0.15) is 17.3 Å². The molecule has 1 unspecified atom stereocenters. The van der Waals surface area contributed by atoms with Crippen LogP contribution in [0.15, 0.2) is 54.7 Å². The highest BCUT2D eigenvalue weighted by Crippen LogP contribution is 2.69. The first-order valence-electron chi connectivity index (χ1n) is 12.4. The van der Waals surface area contributed by atoms with Crippen LogP contribution in [0.25, 0.3) is 22.6 Å². The molecule has 0 saturated heterocycles. The predicted molar refractivity (Wildman–Crippen MR) is 132 cm³/mol. The van der Waals surface area contributed by atoms with Crippen LogP contribution < -0.4 is 0 Å². The molecule has 0 spiro atoms. The van der Waals surface area contributed by atoms with Gasteiger partial charge in [-0.2, -0.15) is 10.2 Å². The van der Waals surface area contributed by atoms with Crippen LogP contribution in [0.5, 0.6) is 0 Å². The van der Waals surface area contributed by atoms with Crippen LogP contribution in [0.1, 0.15) is 49.6 Å². The third-order valence-corrected chi connectivity index (χ3v) is 8.30. The van der Waals surface area contributed by atoms with Gasteiger partial charge < -0.3 is 10.2 Å². The molecule has 1 aromatic carbocycles. The number of nitrogens with zero attached hydrogens (tertiary/aromatic N) is 5. The second kappa shape index (κ2) is 8.49. The topological polar surface area (TPSA) is 97.0 Å². The molecule has 1 fully saturated rings. The zero-order valence-corrected chi connectivity index (χ0v) is 20.6. The Kier molecular flexibility index (Phi) is 5.47. The molecule has 0 aliphatic heterocycles. The number of pyridine rings is 1. The molecule has 2 aliphatic rings. The lowest BCUT2D eigenvalue weighted by molar-refractivity contribution is 0.0783. The fourth-order valence-corrected chi connectivity index (χ4v) is 6.45. The van der Waals surface area contributed by atoms with Gasteiger partial charge in [0.2, 0.25) is 0 Å². The van der Waals surface area contributed by atoms with E-state index in [0.717, 1.165) is 29.8 Å². The van der Waals surface area contributed by atoms with Gasteiger partial charge in [-0.3, -0.25) is 9.67 Å². The minimum atomic E-state index is -0.890. The molecule has 4 aromatic rings. The maximum atomic E-state index is 14.5. The summed E-state index contributed by atoms with van der Waals surface area (Å²) in [7, 11) is 0. The average Bonchev–Trinajstić information content (AvgIpc) is 3.51. The third-order valence-electron chi connectivity index (χ3n) is 8.30. The van der Waals surface area contributed by atoms with E-state index in [1.165, 1.54) is 18.2 Å². The molecule has 1 saturated carbocycles. The molecule has 6 rings (SSSR count). The number of halogens is 2. The number of aliphatic hydroxyl groups excluding tert-OH is 2. The summed E-state index contributed by atoms with van der Waals surface area (Å²) in [6.45, 7) is 4.25. The van der Waals surface area contributed by atoms with E-state index in [1.807, 2.05) is 24.3 Å². The van der Waals surface area contributed by atoms with E-state index in [2.05, 4.69) is 29.1 Å². The summed E-state index contributed by atoms with van der Waals surface area (Å²) in [4.78, 5) is 5.04. The summed E-state index contributed by atoms with van der Waals surface area (Å²) in [5.74, 6) is -1.17. The first-order chi connectivity index (χ1) is 17.8. The molecule has 3 heterocycles.